The summed E-state index contributed by atoms with van der Waals surface area (Å²) in [6.07, 6.45) is 0. The summed E-state index contributed by atoms with van der Waals surface area (Å²) >= 11 is 5.98. The number of imide groups is 1. The van der Waals surface area contributed by atoms with E-state index in [0.29, 0.717) is 4.90 Å². The minimum atomic E-state index is -1.16. The van der Waals surface area contributed by atoms with Crippen molar-refractivity contribution in [3.8, 4) is 0 Å². The maximum atomic E-state index is 12.6. The molecule has 0 spiro atoms. The Hall–Kier alpha value is -3.72. The van der Waals surface area contributed by atoms with E-state index in [2.05, 4.69) is 5.32 Å². The predicted molar refractivity (Wildman–Crippen MR) is 95.5 cm³/mol. The first kappa shape index (κ1) is 18.1. The fourth-order valence-corrected chi connectivity index (χ4v) is 2.68. The van der Waals surface area contributed by atoms with Gasteiger partial charge in [0.05, 0.1) is 16.2 Å². The van der Waals surface area contributed by atoms with Crippen LogP contribution in [0.15, 0.2) is 59.3 Å². The standard InChI is InChI=1S/C17H10ClN3O6/c18-13-14(19-10-4-1-3-9(7-10)17(24)25)16(23)20(15(13)22)11-5-2-6-12(8-11)21(26)27/h1-8,19H,(H,24,25). The molecule has 1 aliphatic rings. The van der Waals surface area contributed by atoms with Gasteiger partial charge in [-0.2, -0.15) is 0 Å². The maximum absolute atomic E-state index is 12.6. The van der Waals surface area contributed by atoms with Crippen molar-refractivity contribution in [3.05, 3.63) is 74.9 Å². The van der Waals surface area contributed by atoms with Crippen LogP contribution in [0.1, 0.15) is 10.4 Å². The highest BCUT2D eigenvalue weighted by Crippen LogP contribution is 2.31. The number of carboxylic acid groups (broad SMARTS) is 1. The van der Waals surface area contributed by atoms with Crippen LogP contribution in [0.3, 0.4) is 0 Å². The van der Waals surface area contributed by atoms with Gasteiger partial charge < -0.3 is 10.4 Å². The Morgan fingerprint density at radius 1 is 1.11 bits per heavy atom. The van der Waals surface area contributed by atoms with Crippen LogP contribution in [-0.2, 0) is 9.59 Å². The van der Waals surface area contributed by atoms with Crippen LogP contribution >= 0.6 is 11.6 Å². The van der Waals surface area contributed by atoms with E-state index in [-0.39, 0.29) is 28.3 Å². The van der Waals surface area contributed by atoms with Crippen molar-refractivity contribution in [2.24, 2.45) is 0 Å². The summed E-state index contributed by atoms with van der Waals surface area (Å²) in [4.78, 5) is 47.0. The van der Waals surface area contributed by atoms with Crippen molar-refractivity contribution in [2.45, 2.75) is 0 Å². The zero-order valence-corrected chi connectivity index (χ0v) is 14.1. The summed E-state index contributed by atoms with van der Waals surface area (Å²) in [5.74, 6) is -2.82. The lowest BCUT2D eigenvalue weighted by atomic mass is 10.2. The maximum Gasteiger partial charge on any atom is 0.335 e. The lowest BCUT2D eigenvalue weighted by molar-refractivity contribution is -0.384. The second-order valence-corrected chi connectivity index (χ2v) is 5.80. The highest BCUT2D eigenvalue weighted by Gasteiger charge is 2.39. The van der Waals surface area contributed by atoms with Crippen molar-refractivity contribution in [2.75, 3.05) is 10.2 Å². The summed E-state index contributed by atoms with van der Waals surface area (Å²) in [6, 6.07) is 10.6. The van der Waals surface area contributed by atoms with Gasteiger partial charge in [-0.3, -0.25) is 19.7 Å². The first-order valence-electron chi connectivity index (χ1n) is 7.43. The van der Waals surface area contributed by atoms with Crippen molar-refractivity contribution in [1.29, 1.82) is 0 Å². The summed E-state index contributed by atoms with van der Waals surface area (Å²) in [5, 5.41) is 22.2. The number of nitro benzene ring substituents is 1. The lowest BCUT2D eigenvalue weighted by Crippen LogP contribution is -2.32. The van der Waals surface area contributed by atoms with E-state index in [1.54, 1.807) is 0 Å². The molecule has 0 saturated heterocycles. The van der Waals surface area contributed by atoms with Crippen LogP contribution in [0.4, 0.5) is 17.1 Å². The molecule has 3 rings (SSSR count). The zero-order chi connectivity index (χ0) is 19.7. The van der Waals surface area contributed by atoms with Crippen LogP contribution in [0.2, 0.25) is 0 Å². The molecule has 0 bridgehead atoms. The van der Waals surface area contributed by atoms with E-state index in [4.69, 9.17) is 16.7 Å². The fraction of sp³-hybridized carbons (Fsp3) is 0. The second kappa shape index (κ2) is 6.89. The van der Waals surface area contributed by atoms with Crippen LogP contribution in [0.5, 0.6) is 0 Å². The van der Waals surface area contributed by atoms with E-state index in [1.165, 1.54) is 42.5 Å². The third kappa shape index (κ3) is 3.35. The van der Waals surface area contributed by atoms with Crippen LogP contribution in [-0.4, -0.2) is 27.8 Å². The Labute approximate surface area is 156 Å². The first-order valence-corrected chi connectivity index (χ1v) is 7.81. The molecule has 1 heterocycles. The third-order valence-corrected chi connectivity index (χ3v) is 4.06. The molecule has 9 nitrogen and oxygen atoms in total. The van der Waals surface area contributed by atoms with Crippen molar-refractivity contribution in [3.63, 3.8) is 0 Å². The third-order valence-electron chi connectivity index (χ3n) is 3.70. The monoisotopic (exact) mass is 387 g/mol. The van der Waals surface area contributed by atoms with Crippen molar-refractivity contribution in [1.82, 2.24) is 0 Å². The first-order chi connectivity index (χ1) is 12.8. The number of hydrogen-bond donors (Lipinski definition) is 2. The number of carbonyl (C=O) groups excluding carboxylic acids is 2. The van der Waals surface area contributed by atoms with Gasteiger partial charge in [0.25, 0.3) is 17.5 Å². The molecule has 0 atom stereocenters. The number of aromatic carboxylic acids is 1. The number of halogens is 1. The second-order valence-electron chi connectivity index (χ2n) is 5.42. The molecule has 0 aromatic heterocycles. The summed E-state index contributed by atoms with van der Waals surface area (Å²) in [7, 11) is 0. The molecular formula is C17H10ClN3O6. The van der Waals surface area contributed by atoms with Gasteiger partial charge >= 0.3 is 5.97 Å². The quantitative estimate of drug-likeness (QED) is 0.458. The Kier molecular flexibility index (Phi) is 4.61. The number of non-ortho nitro benzene ring substituents is 1. The molecule has 2 amide bonds. The van der Waals surface area contributed by atoms with Gasteiger partial charge in [-0.1, -0.05) is 23.7 Å². The molecule has 27 heavy (non-hydrogen) atoms. The Balaban J connectivity index is 1.93. The predicted octanol–water partition coefficient (Wildman–Crippen LogP) is 2.73. The van der Waals surface area contributed by atoms with Crippen molar-refractivity contribution >= 4 is 46.4 Å². The topological polar surface area (TPSA) is 130 Å². The molecular weight excluding hydrogens is 378 g/mol. The number of anilines is 2. The molecule has 2 aromatic carbocycles. The number of nitrogens with zero attached hydrogens (tertiary/aromatic N) is 2. The molecule has 0 fully saturated rings. The lowest BCUT2D eigenvalue weighted by Gasteiger charge is -2.15. The number of nitrogens with one attached hydrogen (secondary N) is 1. The van der Waals surface area contributed by atoms with Crippen LogP contribution < -0.4 is 10.2 Å². The van der Waals surface area contributed by atoms with Crippen LogP contribution in [0, 0.1) is 10.1 Å². The average Bonchev–Trinajstić information content (AvgIpc) is 2.85. The molecule has 136 valence electrons. The number of carbonyl (C=O) groups is 3. The largest absolute Gasteiger partial charge is 0.478 e. The summed E-state index contributed by atoms with van der Waals surface area (Å²) in [5.41, 5.74) is -0.335. The highest BCUT2D eigenvalue weighted by atomic mass is 35.5. The molecule has 0 unspecified atom stereocenters. The fourth-order valence-electron chi connectivity index (χ4n) is 2.47. The van der Waals surface area contributed by atoms with E-state index >= 15 is 0 Å². The molecule has 0 saturated carbocycles. The smallest absolute Gasteiger partial charge is 0.335 e. The van der Waals surface area contributed by atoms with Crippen LogP contribution in [0.25, 0.3) is 0 Å². The van der Waals surface area contributed by atoms with Crippen molar-refractivity contribution < 1.29 is 24.4 Å². The summed E-state index contributed by atoms with van der Waals surface area (Å²) < 4.78 is 0. The minimum Gasteiger partial charge on any atom is -0.478 e. The molecule has 2 aromatic rings. The zero-order valence-electron chi connectivity index (χ0n) is 13.4. The Bertz CT molecular complexity index is 1030. The summed E-state index contributed by atoms with van der Waals surface area (Å²) in [6.45, 7) is 0. The average molecular weight is 388 g/mol. The van der Waals surface area contributed by atoms with E-state index in [0.717, 1.165) is 6.07 Å². The van der Waals surface area contributed by atoms with Gasteiger partial charge in [-0.25, -0.2) is 9.69 Å². The molecule has 0 aliphatic carbocycles. The highest BCUT2D eigenvalue weighted by molar-refractivity contribution is 6.53. The Morgan fingerprint density at radius 3 is 2.48 bits per heavy atom. The van der Waals surface area contributed by atoms with Gasteiger partial charge in [0.2, 0.25) is 0 Å². The van der Waals surface area contributed by atoms with E-state index < -0.39 is 27.7 Å². The normalized spacial score (nSPS) is 13.9. The number of rotatable bonds is 5. The van der Waals surface area contributed by atoms with Gasteiger partial charge in [-0.05, 0) is 24.3 Å². The van der Waals surface area contributed by atoms with Gasteiger partial charge in [0.1, 0.15) is 10.7 Å². The SMILES string of the molecule is O=C(O)c1cccc(NC2=C(Cl)C(=O)N(c3cccc([N+](=O)[O-])c3)C2=O)c1. The number of amides is 2. The van der Waals surface area contributed by atoms with E-state index in [1.807, 2.05) is 0 Å². The molecule has 0 radical (unpaired) electrons. The van der Waals surface area contributed by atoms with Gasteiger partial charge in [-0.15, -0.1) is 0 Å². The number of hydrogen-bond acceptors (Lipinski definition) is 6. The molecule has 1 aliphatic heterocycles. The minimum absolute atomic E-state index is 0.00608. The van der Waals surface area contributed by atoms with Gasteiger partial charge in [0.15, 0.2) is 0 Å². The molecule has 2 N–H and O–H groups in total. The number of nitro groups is 1. The van der Waals surface area contributed by atoms with Gasteiger partial charge in [0, 0.05) is 17.8 Å². The molecule has 10 heteroatoms. The van der Waals surface area contributed by atoms with E-state index in [9.17, 15) is 24.5 Å². The Morgan fingerprint density at radius 2 is 1.81 bits per heavy atom. The number of carboxylic acids is 1. The number of benzene rings is 2.